The highest BCUT2D eigenvalue weighted by Gasteiger charge is 2.37. The fourth-order valence-electron chi connectivity index (χ4n) is 3.11. The zero-order valence-electron chi connectivity index (χ0n) is 11.1. The van der Waals surface area contributed by atoms with Crippen LogP contribution in [0.2, 0.25) is 0 Å². The molecular weight excluding hydrogens is 287 g/mol. The van der Waals surface area contributed by atoms with Gasteiger partial charge in [-0.15, -0.1) is 0 Å². The number of nitro groups is 1. The first-order valence-corrected chi connectivity index (χ1v) is 6.71. The van der Waals surface area contributed by atoms with Gasteiger partial charge in [0.15, 0.2) is 0 Å². The second kappa shape index (κ2) is 4.87. The summed E-state index contributed by atoms with van der Waals surface area (Å²) in [5, 5.41) is 11.2. The van der Waals surface area contributed by atoms with Crippen LogP contribution in [0.25, 0.3) is 0 Å². The molecule has 0 radical (unpaired) electrons. The average molecular weight is 301 g/mol. The number of nitro benzene ring substituents is 1. The smallest absolute Gasteiger partial charge is 0.360 e. The van der Waals surface area contributed by atoms with Crippen molar-refractivity contribution in [3.8, 4) is 0 Å². The third-order valence-corrected chi connectivity index (χ3v) is 4.15. The average Bonchev–Trinajstić information content (AvgIpc) is 2.79. The first kappa shape index (κ1) is 14.1. The lowest BCUT2D eigenvalue weighted by molar-refractivity contribution is -0.384. The van der Waals surface area contributed by atoms with Crippen molar-refractivity contribution < 1.29 is 18.1 Å². The van der Waals surface area contributed by atoms with Crippen LogP contribution >= 0.6 is 0 Å². The Bertz CT molecular complexity index is 576. The van der Waals surface area contributed by atoms with Crippen LogP contribution in [0, 0.1) is 10.1 Å². The van der Waals surface area contributed by atoms with Crippen LogP contribution in [0.1, 0.15) is 12.0 Å². The molecule has 21 heavy (non-hydrogen) atoms. The van der Waals surface area contributed by atoms with Crippen molar-refractivity contribution in [1.82, 2.24) is 4.90 Å². The molecule has 2 atom stereocenters. The first-order chi connectivity index (χ1) is 9.86. The van der Waals surface area contributed by atoms with Gasteiger partial charge in [0.2, 0.25) is 0 Å². The van der Waals surface area contributed by atoms with Crippen LogP contribution in [0.15, 0.2) is 18.2 Å². The normalized spacial score (nSPS) is 25.2. The van der Waals surface area contributed by atoms with Gasteiger partial charge in [-0.3, -0.25) is 15.0 Å². The lowest BCUT2D eigenvalue weighted by Crippen LogP contribution is -2.47. The van der Waals surface area contributed by atoms with E-state index < -0.39 is 22.4 Å². The lowest BCUT2D eigenvalue weighted by atomic mass is 10.1. The van der Waals surface area contributed by atoms with Gasteiger partial charge >= 0.3 is 6.18 Å². The second-order valence-electron chi connectivity index (χ2n) is 5.39. The molecule has 1 aromatic carbocycles. The molecule has 2 saturated heterocycles. The summed E-state index contributed by atoms with van der Waals surface area (Å²) >= 11 is 0. The van der Waals surface area contributed by atoms with Crippen LogP contribution in [0.5, 0.6) is 0 Å². The molecule has 114 valence electrons. The molecule has 2 unspecified atom stereocenters. The summed E-state index contributed by atoms with van der Waals surface area (Å²) in [5.41, 5.74) is -1.16. The number of piperazine rings is 1. The van der Waals surface area contributed by atoms with Crippen LogP contribution in [-0.4, -0.2) is 42.0 Å². The molecule has 0 spiro atoms. The van der Waals surface area contributed by atoms with E-state index in [0.717, 1.165) is 32.1 Å². The number of hydrogen-bond donors (Lipinski definition) is 0. The highest BCUT2D eigenvalue weighted by molar-refractivity contribution is 5.65. The SMILES string of the molecule is O=[N+]([O-])c1cc(C(F)(F)F)ccc1N1CCN2CCC1C2. The van der Waals surface area contributed by atoms with Crippen LogP contribution in [0.4, 0.5) is 24.5 Å². The number of benzene rings is 1. The van der Waals surface area contributed by atoms with E-state index in [1.807, 2.05) is 4.90 Å². The molecule has 2 aliphatic heterocycles. The molecule has 5 nitrogen and oxygen atoms in total. The zero-order valence-corrected chi connectivity index (χ0v) is 11.1. The van der Waals surface area contributed by atoms with Gasteiger partial charge in [-0.1, -0.05) is 0 Å². The molecule has 0 aromatic heterocycles. The minimum absolute atomic E-state index is 0.147. The first-order valence-electron chi connectivity index (χ1n) is 6.71. The number of nitrogens with zero attached hydrogens (tertiary/aromatic N) is 3. The molecule has 1 aromatic rings. The predicted octanol–water partition coefficient (Wildman–Crippen LogP) is 2.51. The van der Waals surface area contributed by atoms with Gasteiger partial charge in [-0.25, -0.2) is 0 Å². The Morgan fingerprint density at radius 2 is 2.00 bits per heavy atom. The number of rotatable bonds is 2. The summed E-state index contributed by atoms with van der Waals surface area (Å²) in [6.45, 7) is 3.15. The Balaban J connectivity index is 2.00. The number of fused-ring (bicyclic) bond motifs is 2. The van der Waals surface area contributed by atoms with Gasteiger partial charge in [0.25, 0.3) is 5.69 Å². The van der Waals surface area contributed by atoms with E-state index >= 15 is 0 Å². The lowest BCUT2D eigenvalue weighted by Gasteiger charge is -2.35. The minimum Gasteiger partial charge on any atom is -0.360 e. The van der Waals surface area contributed by atoms with Gasteiger partial charge < -0.3 is 4.90 Å². The van der Waals surface area contributed by atoms with Crippen molar-refractivity contribution in [2.45, 2.75) is 18.6 Å². The van der Waals surface area contributed by atoms with E-state index in [2.05, 4.69) is 4.90 Å². The molecule has 2 bridgehead atoms. The zero-order chi connectivity index (χ0) is 15.2. The molecule has 3 rings (SSSR count). The van der Waals surface area contributed by atoms with E-state index in [4.69, 9.17) is 0 Å². The molecule has 2 heterocycles. The maximum atomic E-state index is 12.7. The number of halogens is 3. The quantitative estimate of drug-likeness (QED) is 0.622. The van der Waals surface area contributed by atoms with Gasteiger partial charge in [-0.2, -0.15) is 13.2 Å². The maximum absolute atomic E-state index is 12.7. The number of anilines is 1. The molecular formula is C13H14F3N3O2. The fraction of sp³-hybridized carbons (Fsp3) is 0.538. The third-order valence-electron chi connectivity index (χ3n) is 4.15. The molecule has 8 heteroatoms. The van der Waals surface area contributed by atoms with Crippen LogP contribution in [-0.2, 0) is 6.18 Å². The van der Waals surface area contributed by atoms with Crippen LogP contribution in [0.3, 0.4) is 0 Å². The second-order valence-corrected chi connectivity index (χ2v) is 5.39. The van der Waals surface area contributed by atoms with Crippen molar-refractivity contribution in [3.63, 3.8) is 0 Å². The monoisotopic (exact) mass is 301 g/mol. The van der Waals surface area contributed by atoms with Gasteiger partial charge in [-0.05, 0) is 18.6 Å². The van der Waals surface area contributed by atoms with E-state index in [1.165, 1.54) is 6.07 Å². The number of alkyl halides is 3. The van der Waals surface area contributed by atoms with E-state index in [1.54, 1.807) is 0 Å². The molecule has 0 saturated carbocycles. The van der Waals surface area contributed by atoms with Crippen molar-refractivity contribution in [2.75, 3.05) is 31.1 Å². The molecule has 2 fully saturated rings. The summed E-state index contributed by atoms with van der Waals surface area (Å²) in [4.78, 5) is 14.6. The van der Waals surface area contributed by atoms with Crippen LogP contribution < -0.4 is 4.90 Å². The van der Waals surface area contributed by atoms with Gasteiger partial charge in [0.1, 0.15) is 5.69 Å². The molecule has 0 amide bonds. The van der Waals surface area contributed by atoms with Crippen molar-refractivity contribution in [1.29, 1.82) is 0 Å². The standard InChI is InChI=1S/C13H14F3N3O2/c14-13(15,16)9-1-2-11(12(7-9)19(20)21)18-6-5-17-4-3-10(18)8-17/h1-2,7,10H,3-6,8H2. The largest absolute Gasteiger partial charge is 0.416 e. The molecule has 0 N–H and O–H groups in total. The predicted molar refractivity (Wildman–Crippen MR) is 70.3 cm³/mol. The Morgan fingerprint density at radius 3 is 2.67 bits per heavy atom. The molecule has 0 aliphatic carbocycles. The summed E-state index contributed by atoms with van der Waals surface area (Å²) in [7, 11) is 0. The van der Waals surface area contributed by atoms with E-state index in [0.29, 0.717) is 18.3 Å². The van der Waals surface area contributed by atoms with Crippen molar-refractivity contribution >= 4 is 11.4 Å². The Hall–Kier alpha value is -1.83. The maximum Gasteiger partial charge on any atom is 0.416 e. The molecule has 2 aliphatic rings. The summed E-state index contributed by atoms with van der Waals surface area (Å²) in [6.07, 6.45) is -3.69. The van der Waals surface area contributed by atoms with Gasteiger partial charge in [0, 0.05) is 38.3 Å². The van der Waals surface area contributed by atoms with Gasteiger partial charge in [0.05, 0.1) is 10.5 Å². The van der Waals surface area contributed by atoms with Crippen molar-refractivity contribution in [2.24, 2.45) is 0 Å². The minimum atomic E-state index is -4.57. The Labute approximate surface area is 119 Å². The van der Waals surface area contributed by atoms with E-state index in [-0.39, 0.29) is 6.04 Å². The van der Waals surface area contributed by atoms with E-state index in [9.17, 15) is 23.3 Å². The third kappa shape index (κ3) is 2.55. The highest BCUT2D eigenvalue weighted by atomic mass is 19.4. The van der Waals surface area contributed by atoms with Crippen molar-refractivity contribution in [3.05, 3.63) is 33.9 Å². The Morgan fingerprint density at radius 1 is 1.24 bits per heavy atom. The fourth-order valence-corrected chi connectivity index (χ4v) is 3.11. The number of hydrogen-bond acceptors (Lipinski definition) is 4. The summed E-state index contributed by atoms with van der Waals surface area (Å²) in [6, 6.07) is 2.93. The topological polar surface area (TPSA) is 49.6 Å². The highest BCUT2D eigenvalue weighted by Crippen LogP contribution is 2.38. The summed E-state index contributed by atoms with van der Waals surface area (Å²) < 4.78 is 38.1. The Kier molecular flexibility index (Phi) is 3.27. The summed E-state index contributed by atoms with van der Waals surface area (Å²) in [5.74, 6) is 0.